The molecule has 0 aliphatic rings. The highest BCUT2D eigenvalue weighted by atomic mass is 79.9. The van der Waals surface area contributed by atoms with Gasteiger partial charge in [-0.15, -0.1) is 0 Å². The molecule has 0 saturated heterocycles. The minimum absolute atomic E-state index is 0.118. The summed E-state index contributed by atoms with van der Waals surface area (Å²) in [6, 6.07) is 3.83. The third-order valence-electron chi connectivity index (χ3n) is 1.46. The first kappa shape index (κ1) is 12.9. The van der Waals surface area contributed by atoms with Crippen molar-refractivity contribution in [2.75, 3.05) is 26.7 Å². The molecule has 0 fully saturated rings. The normalized spacial score (nSPS) is 11.5. The van der Waals surface area contributed by atoms with E-state index < -0.39 is 10.8 Å². The van der Waals surface area contributed by atoms with E-state index in [9.17, 15) is 4.79 Å². The Balaban J connectivity index is 4.10. The van der Waals surface area contributed by atoms with Crippen LogP contribution < -0.4 is 0 Å². The summed E-state index contributed by atoms with van der Waals surface area (Å²) in [6.45, 7) is 0.521. The van der Waals surface area contributed by atoms with Crippen molar-refractivity contribution >= 4 is 21.9 Å². The van der Waals surface area contributed by atoms with Gasteiger partial charge >= 0.3 is 5.97 Å². The molecule has 5 nitrogen and oxygen atoms in total. The van der Waals surface area contributed by atoms with E-state index in [1.54, 1.807) is 4.90 Å². The van der Waals surface area contributed by atoms with Crippen molar-refractivity contribution in [3.05, 3.63) is 0 Å². The zero-order valence-corrected chi connectivity index (χ0v) is 9.32. The molecular formula is C8H10BrN3O2. The van der Waals surface area contributed by atoms with Crippen LogP contribution in [-0.4, -0.2) is 42.4 Å². The Hall–Kier alpha value is -1.11. The molecule has 0 spiro atoms. The molecule has 0 bridgehead atoms. The van der Waals surface area contributed by atoms with Gasteiger partial charge in [0.2, 0.25) is 0 Å². The van der Waals surface area contributed by atoms with Crippen molar-refractivity contribution in [1.82, 2.24) is 4.90 Å². The van der Waals surface area contributed by atoms with E-state index in [1.165, 1.54) is 7.11 Å². The number of hydrogen-bond acceptors (Lipinski definition) is 5. The predicted molar refractivity (Wildman–Crippen MR) is 52.4 cm³/mol. The lowest BCUT2D eigenvalue weighted by Crippen LogP contribution is -2.34. The molecule has 0 aliphatic heterocycles. The van der Waals surface area contributed by atoms with Crippen LogP contribution >= 0.6 is 15.9 Å². The minimum Gasteiger partial charge on any atom is -0.468 e. The van der Waals surface area contributed by atoms with Crippen molar-refractivity contribution in [2.45, 2.75) is 4.83 Å². The van der Waals surface area contributed by atoms with Gasteiger partial charge in [0.15, 0.2) is 0 Å². The monoisotopic (exact) mass is 259 g/mol. The Bertz CT molecular complexity index is 253. The second kappa shape index (κ2) is 7.31. The Labute approximate surface area is 91.0 Å². The van der Waals surface area contributed by atoms with Gasteiger partial charge in [0.05, 0.1) is 32.3 Å². The van der Waals surface area contributed by atoms with Crippen LogP contribution in [0.1, 0.15) is 0 Å². The van der Waals surface area contributed by atoms with Crippen molar-refractivity contribution in [3.8, 4) is 12.1 Å². The lowest BCUT2D eigenvalue weighted by Gasteiger charge is -2.17. The molecule has 0 aromatic rings. The highest BCUT2D eigenvalue weighted by Gasteiger charge is 2.18. The van der Waals surface area contributed by atoms with Gasteiger partial charge in [-0.25, -0.2) is 0 Å². The number of nitriles is 2. The van der Waals surface area contributed by atoms with E-state index in [-0.39, 0.29) is 19.6 Å². The molecule has 0 aromatic heterocycles. The lowest BCUT2D eigenvalue weighted by atomic mass is 10.3. The third-order valence-corrected chi connectivity index (χ3v) is 2.13. The topological polar surface area (TPSA) is 77.1 Å². The summed E-state index contributed by atoms with van der Waals surface area (Å²) in [6.07, 6.45) is 0. The van der Waals surface area contributed by atoms with Crippen molar-refractivity contribution in [2.24, 2.45) is 0 Å². The van der Waals surface area contributed by atoms with Gasteiger partial charge in [-0.05, 0) is 0 Å². The maximum absolute atomic E-state index is 11.0. The number of esters is 1. The number of rotatable bonds is 5. The summed E-state index contributed by atoms with van der Waals surface area (Å²) in [4.78, 5) is 12.0. The van der Waals surface area contributed by atoms with Crippen LogP contribution in [0.15, 0.2) is 0 Å². The van der Waals surface area contributed by atoms with Crippen molar-refractivity contribution < 1.29 is 9.53 Å². The van der Waals surface area contributed by atoms with E-state index in [2.05, 4.69) is 20.7 Å². The number of carbonyl (C=O) groups excluding carboxylic acids is 1. The number of alkyl halides is 1. The maximum Gasteiger partial charge on any atom is 0.320 e. The van der Waals surface area contributed by atoms with Gasteiger partial charge in [0.25, 0.3) is 0 Å². The molecule has 14 heavy (non-hydrogen) atoms. The minimum atomic E-state index is -0.505. The molecule has 0 saturated carbocycles. The molecule has 0 heterocycles. The van der Waals surface area contributed by atoms with Crippen LogP contribution in [0, 0.1) is 22.7 Å². The van der Waals surface area contributed by atoms with Crippen molar-refractivity contribution in [3.63, 3.8) is 0 Å². The summed E-state index contributed by atoms with van der Waals surface area (Å²) >= 11 is 3.11. The number of ether oxygens (including phenoxy) is 1. The fourth-order valence-electron chi connectivity index (χ4n) is 0.814. The average molecular weight is 260 g/mol. The second-order valence-corrected chi connectivity index (χ2v) is 3.58. The first-order chi connectivity index (χ1) is 6.65. The van der Waals surface area contributed by atoms with E-state index in [0.717, 1.165) is 0 Å². The van der Waals surface area contributed by atoms with Gasteiger partial charge in [-0.1, -0.05) is 15.9 Å². The smallest absolute Gasteiger partial charge is 0.320 e. The third kappa shape index (κ3) is 4.80. The van der Waals surface area contributed by atoms with Gasteiger partial charge in [-0.3, -0.25) is 9.69 Å². The molecular weight excluding hydrogens is 250 g/mol. The summed E-state index contributed by atoms with van der Waals surface area (Å²) in [5, 5.41) is 16.9. The average Bonchev–Trinajstić information content (AvgIpc) is 2.17. The number of methoxy groups -OCH3 is 1. The zero-order chi connectivity index (χ0) is 11.0. The maximum atomic E-state index is 11.0. The van der Waals surface area contributed by atoms with Crippen LogP contribution in [0.2, 0.25) is 0 Å². The second-order valence-electron chi connectivity index (χ2n) is 2.48. The summed E-state index contributed by atoms with van der Waals surface area (Å²) in [7, 11) is 1.29. The highest BCUT2D eigenvalue weighted by Crippen LogP contribution is 2.04. The number of halogens is 1. The molecule has 0 radical (unpaired) electrons. The molecule has 1 atom stereocenters. The highest BCUT2D eigenvalue weighted by molar-refractivity contribution is 9.10. The van der Waals surface area contributed by atoms with E-state index in [0.29, 0.717) is 0 Å². The van der Waals surface area contributed by atoms with Gasteiger partial charge in [-0.2, -0.15) is 10.5 Å². The van der Waals surface area contributed by atoms with Crippen LogP contribution in [0.25, 0.3) is 0 Å². The summed E-state index contributed by atoms with van der Waals surface area (Å²) in [5.41, 5.74) is 0. The standard InChI is InChI=1S/C8H10BrN3O2/c1-14-8(13)7(9)6-12(4-2-10)5-3-11/h7H,4-6H2,1H3. The molecule has 0 N–H and O–H groups in total. The molecule has 6 heteroatoms. The molecule has 1 unspecified atom stereocenters. The van der Waals surface area contributed by atoms with Gasteiger partial charge in [0.1, 0.15) is 4.83 Å². The summed E-state index contributed by atoms with van der Waals surface area (Å²) in [5.74, 6) is -0.411. The first-order valence-electron chi connectivity index (χ1n) is 3.83. The van der Waals surface area contributed by atoms with Crippen molar-refractivity contribution in [1.29, 1.82) is 10.5 Å². The molecule has 76 valence electrons. The fourth-order valence-corrected chi connectivity index (χ4v) is 1.41. The molecule has 0 amide bonds. The summed E-state index contributed by atoms with van der Waals surface area (Å²) < 4.78 is 4.49. The Morgan fingerprint density at radius 1 is 1.50 bits per heavy atom. The van der Waals surface area contributed by atoms with Gasteiger partial charge < -0.3 is 4.74 Å². The number of nitrogens with zero attached hydrogens (tertiary/aromatic N) is 3. The van der Waals surface area contributed by atoms with Gasteiger partial charge in [0, 0.05) is 6.54 Å². The van der Waals surface area contributed by atoms with Crippen LogP contribution in [-0.2, 0) is 9.53 Å². The fraction of sp³-hybridized carbons (Fsp3) is 0.625. The predicted octanol–water partition coefficient (Wildman–Crippen LogP) is 0.272. The number of hydrogen-bond donors (Lipinski definition) is 0. The Morgan fingerprint density at radius 3 is 2.36 bits per heavy atom. The van der Waals surface area contributed by atoms with Crippen LogP contribution in [0.4, 0.5) is 0 Å². The number of carbonyl (C=O) groups is 1. The largest absolute Gasteiger partial charge is 0.468 e. The van der Waals surface area contributed by atoms with E-state index >= 15 is 0 Å². The SMILES string of the molecule is COC(=O)C(Br)CN(CC#N)CC#N. The van der Waals surface area contributed by atoms with E-state index in [4.69, 9.17) is 10.5 Å². The first-order valence-corrected chi connectivity index (χ1v) is 4.75. The molecule has 0 aromatic carbocycles. The van der Waals surface area contributed by atoms with Crippen LogP contribution in [0.3, 0.4) is 0 Å². The quantitative estimate of drug-likeness (QED) is 0.403. The zero-order valence-electron chi connectivity index (χ0n) is 7.73. The molecule has 0 aliphatic carbocycles. The van der Waals surface area contributed by atoms with E-state index in [1.807, 2.05) is 12.1 Å². The van der Waals surface area contributed by atoms with Crippen LogP contribution in [0.5, 0.6) is 0 Å². The molecule has 0 rings (SSSR count). The Kier molecular flexibility index (Phi) is 6.73. The lowest BCUT2D eigenvalue weighted by molar-refractivity contribution is -0.140. The Morgan fingerprint density at radius 2 is 2.00 bits per heavy atom.